The van der Waals surface area contributed by atoms with Crippen molar-refractivity contribution in [2.45, 2.75) is 18.8 Å². The fourth-order valence-corrected chi connectivity index (χ4v) is 3.60. The standard InChI is InChI=1S/C22H24N4O/c1-27-18-11-9-15(10-12-18)19-20(16-6-3-2-4-7-16)25-22(26-21(19)23)17-8-5-13-24-14-17/h2-4,6-7,9-12,17,24H,5,8,13-14H2,1H3,(H2,23,25,26). The lowest BCUT2D eigenvalue weighted by Crippen LogP contribution is -2.29. The molecule has 1 saturated heterocycles. The summed E-state index contributed by atoms with van der Waals surface area (Å²) < 4.78 is 5.28. The molecule has 3 N–H and O–H groups in total. The molecule has 1 fully saturated rings. The first-order chi connectivity index (χ1) is 13.3. The lowest BCUT2D eigenvalue weighted by atomic mass is 9.96. The maximum absolute atomic E-state index is 6.47. The number of hydrogen-bond acceptors (Lipinski definition) is 5. The first kappa shape index (κ1) is 17.5. The molecule has 2 aromatic carbocycles. The summed E-state index contributed by atoms with van der Waals surface area (Å²) >= 11 is 0. The molecule has 27 heavy (non-hydrogen) atoms. The second kappa shape index (κ2) is 7.76. The predicted molar refractivity (Wildman–Crippen MR) is 109 cm³/mol. The molecular weight excluding hydrogens is 336 g/mol. The van der Waals surface area contributed by atoms with Gasteiger partial charge in [0.05, 0.1) is 18.4 Å². The molecule has 2 heterocycles. The molecular formula is C22H24N4O. The summed E-state index contributed by atoms with van der Waals surface area (Å²) in [5, 5.41) is 3.44. The zero-order valence-corrected chi connectivity index (χ0v) is 15.5. The lowest BCUT2D eigenvalue weighted by Gasteiger charge is -2.23. The van der Waals surface area contributed by atoms with Crippen molar-refractivity contribution in [3.63, 3.8) is 0 Å². The van der Waals surface area contributed by atoms with Crippen molar-refractivity contribution in [3.8, 4) is 28.1 Å². The van der Waals surface area contributed by atoms with Crippen LogP contribution in [-0.4, -0.2) is 30.2 Å². The molecule has 1 unspecified atom stereocenters. The number of rotatable bonds is 4. The van der Waals surface area contributed by atoms with Gasteiger partial charge < -0.3 is 15.8 Å². The predicted octanol–water partition coefficient (Wildman–Crippen LogP) is 3.87. The van der Waals surface area contributed by atoms with Crippen molar-refractivity contribution >= 4 is 5.82 Å². The van der Waals surface area contributed by atoms with Crippen LogP contribution in [-0.2, 0) is 0 Å². The number of piperidine rings is 1. The molecule has 0 aliphatic carbocycles. The van der Waals surface area contributed by atoms with E-state index in [4.69, 9.17) is 20.4 Å². The van der Waals surface area contributed by atoms with Gasteiger partial charge in [-0.25, -0.2) is 9.97 Å². The monoisotopic (exact) mass is 360 g/mol. The fraction of sp³-hybridized carbons (Fsp3) is 0.273. The number of nitrogen functional groups attached to an aromatic ring is 1. The third-order valence-electron chi connectivity index (χ3n) is 5.04. The SMILES string of the molecule is COc1ccc(-c2c(N)nc(C3CCCNC3)nc2-c2ccccc2)cc1. The minimum absolute atomic E-state index is 0.299. The summed E-state index contributed by atoms with van der Waals surface area (Å²) in [5.41, 5.74) is 10.3. The first-order valence-electron chi connectivity index (χ1n) is 9.34. The van der Waals surface area contributed by atoms with Crippen molar-refractivity contribution in [1.29, 1.82) is 0 Å². The van der Waals surface area contributed by atoms with Crippen LogP contribution in [0.25, 0.3) is 22.4 Å². The maximum Gasteiger partial charge on any atom is 0.135 e. The minimum atomic E-state index is 0.299. The van der Waals surface area contributed by atoms with Crippen LogP contribution in [0.2, 0.25) is 0 Å². The quantitative estimate of drug-likeness (QED) is 0.739. The molecule has 3 aromatic rings. The number of nitrogens with one attached hydrogen (secondary N) is 1. The molecule has 0 saturated carbocycles. The lowest BCUT2D eigenvalue weighted by molar-refractivity contribution is 0.415. The van der Waals surface area contributed by atoms with Gasteiger partial charge in [-0.1, -0.05) is 42.5 Å². The smallest absolute Gasteiger partial charge is 0.135 e. The Morgan fingerprint density at radius 2 is 1.78 bits per heavy atom. The van der Waals surface area contributed by atoms with Crippen molar-refractivity contribution in [1.82, 2.24) is 15.3 Å². The summed E-state index contributed by atoms with van der Waals surface area (Å²) in [6.07, 6.45) is 2.22. The Kier molecular flexibility index (Phi) is 5.03. The van der Waals surface area contributed by atoms with Gasteiger partial charge in [0.2, 0.25) is 0 Å². The number of methoxy groups -OCH3 is 1. The van der Waals surface area contributed by atoms with E-state index in [0.29, 0.717) is 11.7 Å². The summed E-state index contributed by atoms with van der Waals surface area (Å²) in [6.45, 7) is 1.96. The van der Waals surface area contributed by atoms with Gasteiger partial charge in [-0.2, -0.15) is 0 Å². The van der Waals surface area contributed by atoms with Gasteiger partial charge in [0.1, 0.15) is 17.4 Å². The average molecular weight is 360 g/mol. The Bertz CT molecular complexity index is 904. The van der Waals surface area contributed by atoms with Gasteiger partial charge in [0.15, 0.2) is 0 Å². The van der Waals surface area contributed by atoms with Crippen LogP contribution in [0.4, 0.5) is 5.82 Å². The van der Waals surface area contributed by atoms with E-state index >= 15 is 0 Å². The van der Waals surface area contributed by atoms with E-state index in [1.807, 2.05) is 42.5 Å². The van der Waals surface area contributed by atoms with Gasteiger partial charge in [-0.05, 0) is 37.1 Å². The Balaban J connectivity index is 1.86. The van der Waals surface area contributed by atoms with Crippen LogP contribution in [0.15, 0.2) is 54.6 Å². The highest BCUT2D eigenvalue weighted by Gasteiger charge is 2.22. The third kappa shape index (κ3) is 3.64. The van der Waals surface area contributed by atoms with Crippen molar-refractivity contribution in [3.05, 3.63) is 60.4 Å². The van der Waals surface area contributed by atoms with Crippen LogP contribution in [0.3, 0.4) is 0 Å². The van der Waals surface area contributed by atoms with E-state index in [1.165, 1.54) is 0 Å². The molecule has 1 aliphatic heterocycles. The minimum Gasteiger partial charge on any atom is -0.497 e. The number of benzene rings is 2. The number of nitrogens with two attached hydrogens (primary N) is 1. The van der Waals surface area contributed by atoms with E-state index in [0.717, 1.165) is 59.9 Å². The van der Waals surface area contributed by atoms with E-state index in [9.17, 15) is 0 Å². The van der Waals surface area contributed by atoms with Crippen LogP contribution >= 0.6 is 0 Å². The molecule has 1 aromatic heterocycles. The third-order valence-corrected chi connectivity index (χ3v) is 5.04. The summed E-state index contributed by atoms with van der Waals surface area (Å²) in [4.78, 5) is 9.68. The van der Waals surface area contributed by atoms with E-state index in [2.05, 4.69) is 17.4 Å². The highest BCUT2D eigenvalue weighted by atomic mass is 16.5. The molecule has 0 radical (unpaired) electrons. The van der Waals surface area contributed by atoms with E-state index in [-0.39, 0.29) is 0 Å². The number of aromatic nitrogens is 2. The summed E-state index contributed by atoms with van der Waals surface area (Å²) in [7, 11) is 1.66. The van der Waals surface area contributed by atoms with Crippen LogP contribution in [0.5, 0.6) is 5.75 Å². The van der Waals surface area contributed by atoms with Crippen LogP contribution in [0, 0.1) is 0 Å². The number of nitrogens with zero attached hydrogens (tertiary/aromatic N) is 2. The molecule has 5 heteroatoms. The maximum atomic E-state index is 6.47. The largest absolute Gasteiger partial charge is 0.497 e. The van der Waals surface area contributed by atoms with Crippen molar-refractivity contribution < 1.29 is 4.74 Å². The highest BCUT2D eigenvalue weighted by Crippen LogP contribution is 2.36. The van der Waals surface area contributed by atoms with Gasteiger partial charge in [0, 0.05) is 18.0 Å². The van der Waals surface area contributed by atoms with Gasteiger partial charge >= 0.3 is 0 Å². The molecule has 0 spiro atoms. The number of anilines is 1. The zero-order chi connectivity index (χ0) is 18.6. The van der Waals surface area contributed by atoms with Gasteiger partial charge in [-0.15, -0.1) is 0 Å². The molecule has 138 valence electrons. The normalized spacial score (nSPS) is 16.9. The number of ether oxygens (including phenoxy) is 1. The second-order valence-corrected chi connectivity index (χ2v) is 6.83. The fourth-order valence-electron chi connectivity index (χ4n) is 3.60. The van der Waals surface area contributed by atoms with Gasteiger partial charge in [-0.3, -0.25) is 0 Å². The Hall–Kier alpha value is -2.92. The molecule has 1 atom stereocenters. The Morgan fingerprint density at radius 3 is 2.44 bits per heavy atom. The molecule has 5 nitrogen and oxygen atoms in total. The van der Waals surface area contributed by atoms with Gasteiger partial charge in [0.25, 0.3) is 0 Å². The summed E-state index contributed by atoms with van der Waals surface area (Å²) in [5.74, 6) is 2.46. The van der Waals surface area contributed by atoms with Crippen LogP contribution < -0.4 is 15.8 Å². The Morgan fingerprint density at radius 1 is 1.00 bits per heavy atom. The molecule has 1 aliphatic rings. The Labute approximate surface area is 159 Å². The zero-order valence-electron chi connectivity index (χ0n) is 15.5. The van der Waals surface area contributed by atoms with E-state index < -0.39 is 0 Å². The average Bonchev–Trinajstić information content (AvgIpc) is 2.74. The highest BCUT2D eigenvalue weighted by molar-refractivity contribution is 5.87. The molecule has 0 amide bonds. The first-order valence-corrected chi connectivity index (χ1v) is 9.34. The van der Waals surface area contributed by atoms with Crippen LogP contribution in [0.1, 0.15) is 24.6 Å². The summed E-state index contributed by atoms with van der Waals surface area (Å²) in [6, 6.07) is 18.1. The second-order valence-electron chi connectivity index (χ2n) is 6.83. The topological polar surface area (TPSA) is 73.1 Å². The van der Waals surface area contributed by atoms with Crippen molar-refractivity contribution in [2.24, 2.45) is 0 Å². The van der Waals surface area contributed by atoms with E-state index in [1.54, 1.807) is 7.11 Å². The van der Waals surface area contributed by atoms with Crippen molar-refractivity contribution in [2.75, 3.05) is 25.9 Å². The number of hydrogen-bond donors (Lipinski definition) is 2. The molecule has 0 bridgehead atoms. The molecule has 4 rings (SSSR count).